The molecule has 0 amide bonds. The lowest BCUT2D eigenvalue weighted by Gasteiger charge is -2.32. The van der Waals surface area contributed by atoms with E-state index in [1.165, 1.54) is 66.3 Å². The zero-order valence-corrected chi connectivity index (χ0v) is 29.9. The first kappa shape index (κ1) is 31.1. The molecule has 2 heteroatoms. The van der Waals surface area contributed by atoms with Crippen molar-refractivity contribution in [3.05, 3.63) is 205 Å². The number of hydrogen-bond acceptors (Lipinski definition) is 1. The fraction of sp³-hybridized carbons (Fsp3) is 0.0588. The van der Waals surface area contributed by atoms with Crippen molar-refractivity contribution in [2.45, 2.75) is 19.3 Å². The largest absolute Gasteiger partial charge is 0.307 e. The van der Waals surface area contributed by atoms with E-state index in [-0.39, 0.29) is 5.41 Å². The zero-order chi connectivity index (χ0) is 35.5. The summed E-state index contributed by atoms with van der Waals surface area (Å²) in [4.78, 5) is 2.50. The van der Waals surface area contributed by atoms with E-state index in [1.807, 2.05) is 0 Å². The standard InChI is InChI=1S/C51H38N2/c1-51(2)42-27-11-6-25-41(42)50-40(26-18-28-43(50)51)39-24-10-15-32-47(39)52(44-29-12-7-21-36(44)35-19-4-3-5-20-35)48-33-16-17-34-49(48)53-45-30-13-8-22-37(45)38-23-9-14-31-46(38)53/h3-34H,1-2H3. The van der Waals surface area contributed by atoms with Crippen LogP contribution in [0.25, 0.3) is 60.9 Å². The average molecular weight is 679 g/mol. The van der Waals surface area contributed by atoms with Gasteiger partial charge in [0.05, 0.1) is 33.8 Å². The summed E-state index contributed by atoms with van der Waals surface area (Å²) < 4.78 is 2.44. The molecule has 1 heterocycles. The van der Waals surface area contributed by atoms with Gasteiger partial charge in [-0.2, -0.15) is 0 Å². The third kappa shape index (κ3) is 4.80. The highest BCUT2D eigenvalue weighted by Crippen LogP contribution is 2.54. The Morgan fingerprint density at radius 2 is 0.868 bits per heavy atom. The molecule has 0 saturated heterocycles. The Kier molecular flexibility index (Phi) is 7.19. The number of para-hydroxylation sites is 6. The van der Waals surface area contributed by atoms with Crippen molar-refractivity contribution in [3.63, 3.8) is 0 Å². The highest BCUT2D eigenvalue weighted by molar-refractivity contribution is 6.10. The molecular formula is C51H38N2. The van der Waals surface area contributed by atoms with Gasteiger partial charge in [-0.1, -0.05) is 172 Å². The lowest BCUT2D eigenvalue weighted by Crippen LogP contribution is -2.15. The molecule has 0 spiro atoms. The van der Waals surface area contributed by atoms with E-state index in [0.717, 1.165) is 22.7 Å². The number of rotatable bonds is 6. The summed E-state index contributed by atoms with van der Waals surface area (Å²) in [7, 11) is 0. The highest BCUT2D eigenvalue weighted by Gasteiger charge is 2.37. The van der Waals surface area contributed by atoms with E-state index in [0.29, 0.717) is 0 Å². The van der Waals surface area contributed by atoms with Crippen LogP contribution in [0.4, 0.5) is 17.1 Å². The van der Waals surface area contributed by atoms with Gasteiger partial charge < -0.3 is 9.47 Å². The minimum Gasteiger partial charge on any atom is -0.307 e. The molecule has 53 heavy (non-hydrogen) atoms. The minimum absolute atomic E-state index is 0.0976. The minimum atomic E-state index is -0.0976. The quantitative estimate of drug-likeness (QED) is 0.170. The lowest BCUT2D eigenvalue weighted by molar-refractivity contribution is 0.660. The Morgan fingerprint density at radius 3 is 1.58 bits per heavy atom. The molecule has 0 fully saturated rings. The van der Waals surface area contributed by atoms with Crippen LogP contribution in [-0.2, 0) is 5.41 Å². The Labute approximate surface area is 310 Å². The van der Waals surface area contributed by atoms with Crippen LogP contribution >= 0.6 is 0 Å². The molecule has 2 nitrogen and oxygen atoms in total. The predicted octanol–water partition coefficient (Wildman–Crippen LogP) is 13.9. The van der Waals surface area contributed by atoms with Crippen molar-refractivity contribution in [1.82, 2.24) is 4.57 Å². The van der Waals surface area contributed by atoms with E-state index in [2.05, 4.69) is 217 Å². The molecule has 10 rings (SSSR count). The maximum atomic E-state index is 2.50. The van der Waals surface area contributed by atoms with Gasteiger partial charge in [-0.25, -0.2) is 0 Å². The zero-order valence-electron chi connectivity index (χ0n) is 29.9. The highest BCUT2D eigenvalue weighted by atomic mass is 15.2. The topological polar surface area (TPSA) is 8.17 Å². The van der Waals surface area contributed by atoms with Gasteiger partial charge in [0, 0.05) is 27.3 Å². The van der Waals surface area contributed by atoms with E-state index in [4.69, 9.17) is 0 Å². The molecule has 0 unspecified atom stereocenters. The number of nitrogens with zero attached hydrogens (tertiary/aromatic N) is 2. The fourth-order valence-electron chi connectivity index (χ4n) is 8.82. The van der Waals surface area contributed by atoms with Gasteiger partial charge in [0.25, 0.3) is 0 Å². The Morgan fingerprint density at radius 1 is 0.377 bits per heavy atom. The van der Waals surface area contributed by atoms with Gasteiger partial charge >= 0.3 is 0 Å². The number of anilines is 3. The average Bonchev–Trinajstić information content (AvgIpc) is 3.68. The van der Waals surface area contributed by atoms with Crippen molar-refractivity contribution in [2.24, 2.45) is 0 Å². The van der Waals surface area contributed by atoms with Crippen LogP contribution in [0.15, 0.2) is 194 Å². The summed E-state index contributed by atoms with van der Waals surface area (Å²) in [5, 5.41) is 2.49. The number of hydrogen-bond donors (Lipinski definition) is 0. The smallest absolute Gasteiger partial charge is 0.0702 e. The molecule has 9 aromatic rings. The van der Waals surface area contributed by atoms with Crippen LogP contribution in [0.3, 0.4) is 0 Å². The summed E-state index contributed by atoms with van der Waals surface area (Å²) in [6.07, 6.45) is 0. The molecule has 0 bridgehead atoms. The third-order valence-corrected chi connectivity index (χ3v) is 11.2. The Hall–Kier alpha value is -6.64. The first-order chi connectivity index (χ1) is 26.1. The maximum absolute atomic E-state index is 2.50. The van der Waals surface area contributed by atoms with Gasteiger partial charge in [-0.15, -0.1) is 0 Å². The number of benzene rings is 8. The lowest BCUT2D eigenvalue weighted by atomic mass is 9.82. The molecule has 0 N–H and O–H groups in total. The van der Waals surface area contributed by atoms with Crippen LogP contribution in [0, 0.1) is 0 Å². The second-order valence-corrected chi connectivity index (χ2v) is 14.5. The van der Waals surface area contributed by atoms with E-state index >= 15 is 0 Å². The molecule has 0 atom stereocenters. The number of aromatic nitrogens is 1. The van der Waals surface area contributed by atoms with Crippen LogP contribution in [-0.4, -0.2) is 4.57 Å². The van der Waals surface area contributed by atoms with E-state index in [9.17, 15) is 0 Å². The first-order valence-corrected chi connectivity index (χ1v) is 18.5. The first-order valence-electron chi connectivity index (χ1n) is 18.5. The van der Waals surface area contributed by atoms with Gasteiger partial charge in [0.2, 0.25) is 0 Å². The monoisotopic (exact) mass is 678 g/mol. The number of fused-ring (bicyclic) bond motifs is 6. The van der Waals surface area contributed by atoms with Crippen LogP contribution in [0.1, 0.15) is 25.0 Å². The van der Waals surface area contributed by atoms with Crippen molar-refractivity contribution >= 4 is 38.9 Å². The molecule has 252 valence electrons. The van der Waals surface area contributed by atoms with Gasteiger partial charge in [0.15, 0.2) is 0 Å². The van der Waals surface area contributed by atoms with Gasteiger partial charge in [-0.3, -0.25) is 0 Å². The van der Waals surface area contributed by atoms with Crippen LogP contribution in [0.2, 0.25) is 0 Å². The molecule has 0 radical (unpaired) electrons. The van der Waals surface area contributed by atoms with Gasteiger partial charge in [0.1, 0.15) is 0 Å². The summed E-state index contributed by atoms with van der Waals surface area (Å²) >= 11 is 0. The molecule has 0 saturated carbocycles. The molecule has 1 aromatic heterocycles. The SMILES string of the molecule is CC1(C)c2ccccc2-c2c(-c3ccccc3N(c3ccccc3-c3ccccc3)c3ccccc3-n3c4ccccc4c4ccccc43)cccc21. The second-order valence-electron chi connectivity index (χ2n) is 14.5. The van der Waals surface area contributed by atoms with Crippen LogP contribution < -0.4 is 4.90 Å². The molecule has 1 aliphatic rings. The maximum Gasteiger partial charge on any atom is 0.0702 e. The molecule has 1 aliphatic carbocycles. The molecular weight excluding hydrogens is 641 g/mol. The van der Waals surface area contributed by atoms with Crippen molar-refractivity contribution in [2.75, 3.05) is 4.90 Å². The third-order valence-electron chi connectivity index (χ3n) is 11.2. The second kappa shape index (κ2) is 12.3. The normalized spacial score (nSPS) is 12.9. The Balaban J connectivity index is 1.30. The van der Waals surface area contributed by atoms with E-state index < -0.39 is 0 Å². The summed E-state index contributed by atoms with van der Waals surface area (Å²) in [5.74, 6) is 0. The van der Waals surface area contributed by atoms with Crippen molar-refractivity contribution in [3.8, 4) is 39.1 Å². The fourth-order valence-corrected chi connectivity index (χ4v) is 8.82. The summed E-state index contributed by atoms with van der Waals surface area (Å²) in [5.41, 5.74) is 16.9. The summed E-state index contributed by atoms with van der Waals surface area (Å²) in [6, 6.07) is 70.9. The summed E-state index contributed by atoms with van der Waals surface area (Å²) in [6.45, 7) is 4.72. The van der Waals surface area contributed by atoms with Crippen molar-refractivity contribution < 1.29 is 0 Å². The molecule has 0 aliphatic heterocycles. The molecule has 8 aromatic carbocycles. The van der Waals surface area contributed by atoms with Gasteiger partial charge in [-0.05, 0) is 69.8 Å². The van der Waals surface area contributed by atoms with Crippen molar-refractivity contribution in [1.29, 1.82) is 0 Å². The predicted molar refractivity (Wildman–Crippen MR) is 224 cm³/mol. The van der Waals surface area contributed by atoms with E-state index in [1.54, 1.807) is 0 Å². The Bertz CT molecular complexity index is 2770. The van der Waals surface area contributed by atoms with Crippen LogP contribution in [0.5, 0.6) is 0 Å².